The van der Waals surface area contributed by atoms with Crippen LogP contribution in [0.25, 0.3) is 50.1 Å². The predicted molar refractivity (Wildman–Crippen MR) is 158 cm³/mol. The van der Waals surface area contributed by atoms with E-state index < -0.39 is 45.0 Å². The van der Waals surface area contributed by atoms with E-state index in [9.17, 15) is 30.8 Å². The van der Waals surface area contributed by atoms with E-state index in [1.54, 1.807) is 0 Å². The molecule has 45 heavy (non-hydrogen) atoms. The summed E-state index contributed by atoms with van der Waals surface area (Å²) >= 11 is 0. The largest absolute Gasteiger partial charge is 0.455 e. The standard InChI is InChI=1S/C31H21F5N4O4S/c1-37-31(41)27-20-12-19(24(39(2)45(3,42)43)13-26(20)44-30(27)15-4-6-17(32)7-5-15)16-8-23(35)29-25(9-16)40(14-38-29)18-10-21(33)28(36)22(34)11-18/h4-14H,1-3H3,(H,37,41). The molecule has 0 aliphatic carbocycles. The van der Waals surface area contributed by atoms with Gasteiger partial charge >= 0.3 is 0 Å². The summed E-state index contributed by atoms with van der Waals surface area (Å²) in [6.45, 7) is 0. The van der Waals surface area contributed by atoms with Gasteiger partial charge in [0.05, 0.1) is 28.7 Å². The summed E-state index contributed by atoms with van der Waals surface area (Å²) in [4.78, 5) is 17.1. The number of furan rings is 1. The number of sulfonamides is 1. The Balaban J connectivity index is 1.66. The molecule has 0 aliphatic heterocycles. The summed E-state index contributed by atoms with van der Waals surface area (Å²) in [7, 11) is -1.23. The molecule has 0 saturated carbocycles. The first-order chi connectivity index (χ1) is 21.3. The van der Waals surface area contributed by atoms with Gasteiger partial charge in [-0.25, -0.2) is 35.4 Å². The van der Waals surface area contributed by atoms with Gasteiger partial charge in [-0.1, -0.05) is 0 Å². The molecule has 0 radical (unpaired) electrons. The van der Waals surface area contributed by atoms with Crippen LogP contribution in [0, 0.1) is 29.1 Å². The maximum absolute atomic E-state index is 15.6. The molecule has 8 nitrogen and oxygen atoms in total. The quantitative estimate of drug-likeness (QED) is 0.164. The second kappa shape index (κ2) is 10.7. The Morgan fingerprint density at radius 2 is 1.58 bits per heavy atom. The number of carbonyl (C=O) groups excluding carboxylic acids is 1. The molecule has 2 aromatic heterocycles. The van der Waals surface area contributed by atoms with Gasteiger partial charge in [-0.2, -0.15) is 0 Å². The van der Waals surface area contributed by atoms with E-state index in [1.165, 1.54) is 56.6 Å². The average molecular weight is 641 g/mol. The maximum atomic E-state index is 15.6. The highest BCUT2D eigenvalue weighted by molar-refractivity contribution is 7.92. The van der Waals surface area contributed by atoms with Crippen molar-refractivity contribution in [2.24, 2.45) is 0 Å². The van der Waals surface area contributed by atoms with Gasteiger partial charge in [-0.05, 0) is 48.0 Å². The fourth-order valence-electron chi connectivity index (χ4n) is 5.07. The summed E-state index contributed by atoms with van der Waals surface area (Å²) in [6.07, 6.45) is 2.06. The minimum absolute atomic E-state index is 0.0224. The minimum atomic E-state index is -3.90. The van der Waals surface area contributed by atoms with Crippen molar-refractivity contribution in [2.45, 2.75) is 0 Å². The molecule has 6 aromatic rings. The van der Waals surface area contributed by atoms with Gasteiger partial charge in [0.2, 0.25) is 10.0 Å². The third-order valence-electron chi connectivity index (χ3n) is 7.37. The number of anilines is 1. The van der Waals surface area contributed by atoms with Gasteiger partial charge in [0.15, 0.2) is 23.3 Å². The second-order valence-corrected chi connectivity index (χ2v) is 12.2. The van der Waals surface area contributed by atoms with Crippen LogP contribution in [0.15, 0.2) is 71.4 Å². The molecule has 230 valence electrons. The topological polar surface area (TPSA) is 97.4 Å². The van der Waals surface area contributed by atoms with Crippen LogP contribution < -0.4 is 9.62 Å². The summed E-state index contributed by atoms with van der Waals surface area (Å²) in [6, 6.07) is 12.0. The molecule has 2 heterocycles. The fraction of sp³-hybridized carbons (Fsp3) is 0.0968. The molecule has 0 fully saturated rings. The molecule has 6 rings (SSSR count). The van der Waals surface area contributed by atoms with Crippen molar-refractivity contribution in [2.75, 3.05) is 24.7 Å². The van der Waals surface area contributed by atoms with Gasteiger partial charge in [0.1, 0.15) is 29.0 Å². The lowest BCUT2D eigenvalue weighted by atomic mass is 9.98. The number of hydrogen-bond acceptors (Lipinski definition) is 5. The van der Waals surface area contributed by atoms with Crippen molar-refractivity contribution >= 4 is 43.6 Å². The number of carbonyl (C=O) groups is 1. The molecular weight excluding hydrogens is 619 g/mol. The molecule has 14 heteroatoms. The number of aromatic nitrogens is 2. The second-order valence-electron chi connectivity index (χ2n) is 10.2. The van der Waals surface area contributed by atoms with Gasteiger partial charge in [-0.3, -0.25) is 13.7 Å². The van der Waals surface area contributed by atoms with Crippen LogP contribution in [0.1, 0.15) is 10.4 Å². The number of benzene rings is 4. The zero-order valence-electron chi connectivity index (χ0n) is 23.6. The number of hydrogen-bond donors (Lipinski definition) is 1. The first-order valence-electron chi connectivity index (χ1n) is 13.1. The van der Waals surface area contributed by atoms with Crippen molar-refractivity contribution in [3.05, 3.63) is 102 Å². The normalized spacial score (nSPS) is 11.8. The number of halogens is 5. The first-order valence-corrected chi connectivity index (χ1v) is 15.0. The third kappa shape index (κ3) is 5.06. The van der Waals surface area contributed by atoms with Crippen molar-refractivity contribution in [1.29, 1.82) is 0 Å². The van der Waals surface area contributed by atoms with Gasteiger partial charge in [-0.15, -0.1) is 0 Å². The van der Waals surface area contributed by atoms with Crippen LogP contribution >= 0.6 is 0 Å². The van der Waals surface area contributed by atoms with Crippen LogP contribution in [0.5, 0.6) is 0 Å². The van der Waals surface area contributed by atoms with Crippen molar-refractivity contribution in [3.8, 4) is 28.1 Å². The van der Waals surface area contributed by atoms with E-state index in [0.29, 0.717) is 5.56 Å². The van der Waals surface area contributed by atoms with Crippen LogP contribution in [0.2, 0.25) is 0 Å². The van der Waals surface area contributed by atoms with Gasteiger partial charge in [0, 0.05) is 48.8 Å². The Labute approximate surface area is 252 Å². The van der Waals surface area contributed by atoms with Crippen molar-refractivity contribution < 1.29 is 39.6 Å². The Morgan fingerprint density at radius 3 is 2.20 bits per heavy atom. The number of nitrogens with zero attached hydrogens (tertiary/aromatic N) is 3. The van der Waals surface area contributed by atoms with E-state index in [4.69, 9.17) is 4.42 Å². The molecule has 0 spiro atoms. The number of nitrogens with one attached hydrogen (secondary N) is 1. The lowest BCUT2D eigenvalue weighted by Crippen LogP contribution is -2.25. The van der Waals surface area contributed by atoms with E-state index in [-0.39, 0.29) is 55.8 Å². The lowest BCUT2D eigenvalue weighted by molar-refractivity contribution is 0.0964. The minimum Gasteiger partial charge on any atom is -0.455 e. The highest BCUT2D eigenvalue weighted by Gasteiger charge is 2.27. The lowest BCUT2D eigenvalue weighted by Gasteiger charge is -2.21. The van der Waals surface area contributed by atoms with Crippen LogP contribution in [-0.4, -0.2) is 44.2 Å². The van der Waals surface area contributed by atoms with E-state index in [0.717, 1.165) is 39.7 Å². The summed E-state index contributed by atoms with van der Waals surface area (Å²) in [5.74, 6) is -6.47. The van der Waals surface area contributed by atoms with Crippen molar-refractivity contribution in [3.63, 3.8) is 0 Å². The fourth-order valence-corrected chi connectivity index (χ4v) is 5.58. The monoisotopic (exact) mass is 640 g/mol. The SMILES string of the molecule is CNC(=O)c1c(-c2ccc(F)cc2)oc2cc(N(C)S(C)(=O)=O)c(-c3cc(F)c4ncn(-c5cc(F)c(F)c(F)c5)c4c3)cc12. The molecule has 0 bridgehead atoms. The Hall–Kier alpha value is -5.24. The molecular formula is C31H21F5N4O4S. The Bertz CT molecular complexity index is 2260. The molecule has 4 aromatic carbocycles. The Morgan fingerprint density at radius 1 is 0.911 bits per heavy atom. The molecule has 0 saturated heterocycles. The Kier molecular flexibility index (Phi) is 7.11. The van der Waals surface area contributed by atoms with Gasteiger partial charge in [0.25, 0.3) is 5.91 Å². The highest BCUT2D eigenvalue weighted by Crippen LogP contribution is 2.42. The number of amides is 1. The van der Waals surface area contributed by atoms with Crippen LogP contribution in [-0.2, 0) is 10.0 Å². The summed E-state index contributed by atoms with van der Waals surface area (Å²) in [5, 5.41) is 2.76. The van der Waals surface area contributed by atoms with Crippen molar-refractivity contribution in [1.82, 2.24) is 14.9 Å². The molecule has 0 unspecified atom stereocenters. The zero-order chi connectivity index (χ0) is 32.4. The summed E-state index contributed by atoms with van der Waals surface area (Å²) < 4.78 is 105. The predicted octanol–water partition coefficient (Wildman–Crippen LogP) is 6.56. The number of fused-ring (bicyclic) bond motifs is 2. The maximum Gasteiger partial charge on any atom is 0.255 e. The summed E-state index contributed by atoms with van der Waals surface area (Å²) in [5.41, 5.74) is 0.447. The number of rotatable bonds is 6. The molecule has 1 N–H and O–H groups in total. The average Bonchev–Trinajstić information content (AvgIpc) is 3.60. The smallest absolute Gasteiger partial charge is 0.255 e. The molecule has 0 atom stereocenters. The highest BCUT2D eigenvalue weighted by atomic mass is 32.2. The van der Waals surface area contributed by atoms with E-state index in [1.807, 2.05) is 0 Å². The van der Waals surface area contributed by atoms with E-state index in [2.05, 4.69) is 10.3 Å². The molecule has 0 aliphatic rings. The first kappa shape index (κ1) is 29.8. The van der Waals surface area contributed by atoms with E-state index >= 15 is 4.39 Å². The third-order valence-corrected chi connectivity index (χ3v) is 8.56. The zero-order valence-corrected chi connectivity index (χ0v) is 24.4. The molecule has 1 amide bonds. The van der Waals surface area contributed by atoms with Crippen LogP contribution in [0.3, 0.4) is 0 Å². The number of imidazole rings is 1. The van der Waals surface area contributed by atoms with Crippen LogP contribution in [0.4, 0.5) is 27.6 Å². The van der Waals surface area contributed by atoms with Gasteiger partial charge < -0.3 is 9.73 Å².